The van der Waals surface area contributed by atoms with Crippen LogP contribution < -0.4 is 5.32 Å². The van der Waals surface area contributed by atoms with E-state index < -0.39 is 5.67 Å². The van der Waals surface area contributed by atoms with Crippen LogP contribution in [-0.2, 0) is 0 Å². The molecule has 2 atom stereocenters. The van der Waals surface area contributed by atoms with Crippen molar-refractivity contribution in [3.05, 3.63) is 0 Å². The van der Waals surface area contributed by atoms with Gasteiger partial charge in [-0.05, 0) is 19.8 Å². The molecule has 0 aliphatic carbocycles. The van der Waals surface area contributed by atoms with E-state index in [2.05, 4.69) is 12.2 Å². The molecule has 0 aromatic heterocycles. The lowest BCUT2D eigenvalue weighted by atomic mass is 10.0. The summed E-state index contributed by atoms with van der Waals surface area (Å²) in [5.41, 5.74) is -0.945. The minimum atomic E-state index is -0.945. The Morgan fingerprint density at radius 1 is 1.70 bits per heavy atom. The molecule has 0 amide bonds. The van der Waals surface area contributed by atoms with E-state index in [1.54, 1.807) is 6.92 Å². The van der Waals surface area contributed by atoms with Crippen molar-refractivity contribution in [3.63, 3.8) is 0 Å². The molecule has 0 aromatic rings. The lowest BCUT2D eigenvalue weighted by Crippen LogP contribution is -2.22. The first-order valence-electron chi connectivity index (χ1n) is 4.06. The van der Waals surface area contributed by atoms with E-state index in [0.717, 1.165) is 12.8 Å². The monoisotopic (exact) mass is 145 g/mol. The molecule has 2 unspecified atom stereocenters. The Morgan fingerprint density at radius 2 is 2.40 bits per heavy atom. The summed E-state index contributed by atoms with van der Waals surface area (Å²) in [6.07, 6.45) is 2.95. The minimum absolute atomic E-state index is 0.431. The van der Waals surface area contributed by atoms with Gasteiger partial charge in [-0.1, -0.05) is 13.3 Å². The molecule has 1 rings (SSSR count). The summed E-state index contributed by atoms with van der Waals surface area (Å²) in [6, 6.07) is 0.431. The Labute approximate surface area is 62.0 Å². The quantitative estimate of drug-likeness (QED) is 0.625. The Balaban J connectivity index is 2.29. The maximum absolute atomic E-state index is 13.1. The van der Waals surface area contributed by atoms with E-state index >= 15 is 0 Å². The van der Waals surface area contributed by atoms with Gasteiger partial charge in [0, 0.05) is 12.6 Å². The smallest absolute Gasteiger partial charge is 0.122 e. The van der Waals surface area contributed by atoms with Crippen molar-refractivity contribution in [2.45, 2.75) is 44.8 Å². The molecule has 1 heterocycles. The average molecular weight is 145 g/mol. The van der Waals surface area contributed by atoms with Gasteiger partial charge in [0.25, 0.3) is 0 Å². The molecule has 1 aliphatic rings. The van der Waals surface area contributed by atoms with E-state index in [1.165, 1.54) is 0 Å². The van der Waals surface area contributed by atoms with Crippen LogP contribution in [0.25, 0.3) is 0 Å². The second-order valence-corrected chi connectivity index (χ2v) is 3.48. The van der Waals surface area contributed by atoms with Gasteiger partial charge < -0.3 is 5.32 Å². The van der Waals surface area contributed by atoms with Crippen LogP contribution in [0.2, 0.25) is 0 Å². The average Bonchev–Trinajstić information content (AvgIpc) is 2.12. The SMILES string of the molecule is CCCC1CC(C)(F)CN1. The van der Waals surface area contributed by atoms with Gasteiger partial charge in [-0.3, -0.25) is 0 Å². The van der Waals surface area contributed by atoms with Gasteiger partial charge >= 0.3 is 0 Å². The van der Waals surface area contributed by atoms with Crippen molar-refractivity contribution >= 4 is 0 Å². The van der Waals surface area contributed by atoms with E-state index in [0.29, 0.717) is 19.0 Å². The Hall–Kier alpha value is -0.110. The van der Waals surface area contributed by atoms with E-state index in [-0.39, 0.29) is 0 Å². The van der Waals surface area contributed by atoms with Gasteiger partial charge in [0.05, 0.1) is 0 Å². The molecule has 10 heavy (non-hydrogen) atoms. The van der Waals surface area contributed by atoms with Crippen molar-refractivity contribution < 1.29 is 4.39 Å². The highest BCUT2D eigenvalue weighted by atomic mass is 19.1. The minimum Gasteiger partial charge on any atom is -0.311 e. The normalized spacial score (nSPS) is 40.5. The molecule has 60 valence electrons. The topological polar surface area (TPSA) is 12.0 Å². The van der Waals surface area contributed by atoms with Crippen LogP contribution in [0.5, 0.6) is 0 Å². The molecule has 1 aliphatic heterocycles. The second-order valence-electron chi connectivity index (χ2n) is 3.48. The summed E-state index contributed by atoms with van der Waals surface area (Å²) in [5.74, 6) is 0. The summed E-state index contributed by atoms with van der Waals surface area (Å²) in [4.78, 5) is 0. The molecule has 0 aromatic carbocycles. The Bertz CT molecular complexity index is 112. The molecule has 1 saturated heterocycles. The third-order valence-corrected chi connectivity index (χ3v) is 2.07. The third-order valence-electron chi connectivity index (χ3n) is 2.07. The maximum Gasteiger partial charge on any atom is 0.122 e. The number of nitrogens with one attached hydrogen (secondary N) is 1. The zero-order valence-electron chi connectivity index (χ0n) is 6.78. The van der Waals surface area contributed by atoms with Gasteiger partial charge in [-0.15, -0.1) is 0 Å². The van der Waals surface area contributed by atoms with Crippen LogP contribution in [0.1, 0.15) is 33.1 Å². The lowest BCUT2D eigenvalue weighted by molar-refractivity contribution is 0.213. The van der Waals surface area contributed by atoms with Gasteiger partial charge in [-0.25, -0.2) is 4.39 Å². The standard InChI is InChI=1S/C8H16FN/c1-3-4-7-5-8(2,9)6-10-7/h7,10H,3-6H2,1-2H3. The first kappa shape index (κ1) is 7.99. The van der Waals surface area contributed by atoms with Gasteiger partial charge in [0.2, 0.25) is 0 Å². The first-order valence-corrected chi connectivity index (χ1v) is 4.06. The second kappa shape index (κ2) is 2.87. The number of hydrogen-bond acceptors (Lipinski definition) is 1. The predicted molar refractivity (Wildman–Crippen MR) is 40.8 cm³/mol. The van der Waals surface area contributed by atoms with Crippen LogP contribution in [0, 0.1) is 0 Å². The molecule has 1 nitrogen and oxygen atoms in total. The zero-order valence-corrected chi connectivity index (χ0v) is 6.78. The van der Waals surface area contributed by atoms with E-state index in [9.17, 15) is 4.39 Å². The Kier molecular flexibility index (Phi) is 2.29. The maximum atomic E-state index is 13.1. The van der Waals surface area contributed by atoms with Crippen LogP contribution >= 0.6 is 0 Å². The fraction of sp³-hybridized carbons (Fsp3) is 1.00. The number of hydrogen-bond donors (Lipinski definition) is 1. The van der Waals surface area contributed by atoms with Crippen LogP contribution in [0.3, 0.4) is 0 Å². The molecule has 1 N–H and O–H groups in total. The highest BCUT2D eigenvalue weighted by molar-refractivity contribution is 4.90. The molecular weight excluding hydrogens is 129 g/mol. The van der Waals surface area contributed by atoms with Gasteiger partial charge in [0.15, 0.2) is 0 Å². The van der Waals surface area contributed by atoms with Gasteiger partial charge in [0.1, 0.15) is 5.67 Å². The molecule has 1 fully saturated rings. The summed E-state index contributed by atoms with van der Waals surface area (Å²) < 4.78 is 13.1. The molecule has 2 heteroatoms. The fourth-order valence-corrected chi connectivity index (χ4v) is 1.57. The van der Waals surface area contributed by atoms with Gasteiger partial charge in [-0.2, -0.15) is 0 Å². The van der Waals surface area contributed by atoms with E-state index in [4.69, 9.17) is 0 Å². The summed E-state index contributed by atoms with van der Waals surface area (Å²) >= 11 is 0. The molecule has 0 saturated carbocycles. The van der Waals surface area contributed by atoms with Crippen molar-refractivity contribution in [2.24, 2.45) is 0 Å². The number of halogens is 1. The van der Waals surface area contributed by atoms with Crippen LogP contribution in [0.15, 0.2) is 0 Å². The molecule has 0 radical (unpaired) electrons. The number of rotatable bonds is 2. The molecule has 0 spiro atoms. The molecular formula is C8H16FN. The van der Waals surface area contributed by atoms with Crippen LogP contribution in [0.4, 0.5) is 4.39 Å². The lowest BCUT2D eigenvalue weighted by Gasteiger charge is -2.10. The highest BCUT2D eigenvalue weighted by Crippen LogP contribution is 2.24. The highest BCUT2D eigenvalue weighted by Gasteiger charge is 2.33. The molecule has 0 bridgehead atoms. The van der Waals surface area contributed by atoms with Crippen molar-refractivity contribution in [3.8, 4) is 0 Å². The van der Waals surface area contributed by atoms with Crippen LogP contribution in [-0.4, -0.2) is 18.3 Å². The first-order chi connectivity index (χ1) is 4.64. The predicted octanol–water partition coefficient (Wildman–Crippen LogP) is 1.88. The van der Waals surface area contributed by atoms with Crippen molar-refractivity contribution in [1.82, 2.24) is 5.32 Å². The summed E-state index contributed by atoms with van der Waals surface area (Å²) in [7, 11) is 0. The third kappa shape index (κ3) is 1.94. The van der Waals surface area contributed by atoms with Crippen molar-refractivity contribution in [1.29, 1.82) is 0 Å². The summed E-state index contributed by atoms with van der Waals surface area (Å²) in [6.45, 7) is 4.35. The Morgan fingerprint density at radius 3 is 2.80 bits per heavy atom. The summed E-state index contributed by atoms with van der Waals surface area (Å²) in [5, 5.41) is 3.17. The van der Waals surface area contributed by atoms with E-state index in [1.807, 2.05) is 0 Å². The fourth-order valence-electron chi connectivity index (χ4n) is 1.57. The number of alkyl halides is 1. The van der Waals surface area contributed by atoms with Crippen molar-refractivity contribution in [2.75, 3.05) is 6.54 Å². The largest absolute Gasteiger partial charge is 0.311 e. The zero-order chi connectivity index (χ0) is 7.61.